The zero-order valence-electron chi connectivity index (χ0n) is 8.32. The lowest BCUT2D eigenvalue weighted by Gasteiger charge is -2.34. The van der Waals surface area contributed by atoms with E-state index in [9.17, 15) is 9.90 Å². The summed E-state index contributed by atoms with van der Waals surface area (Å²) in [7, 11) is 0. The molecule has 1 aliphatic heterocycles. The fourth-order valence-electron chi connectivity index (χ4n) is 1.96. The molecule has 14 heavy (non-hydrogen) atoms. The van der Waals surface area contributed by atoms with Crippen LogP contribution < -0.4 is 0 Å². The van der Waals surface area contributed by atoms with Crippen LogP contribution >= 0.6 is 0 Å². The van der Waals surface area contributed by atoms with E-state index in [1.807, 2.05) is 0 Å². The summed E-state index contributed by atoms with van der Waals surface area (Å²) in [5.74, 6) is 0.407. The predicted molar refractivity (Wildman–Crippen MR) is 50.9 cm³/mol. The topological polar surface area (TPSA) is 49.8 Å². The summed E-state index contributed by atoms with van der Waals surface area (Å²) in [5, 5.41) is 9.79. The van der Waals surface area contributed by atoms with Gasteiger partial charge in [-0.15, -0.1) is 0 Å². The van der Waals surface area contributed by atoms with Crippen molar-refractivity contribution >= 4 is 6.09 Å². The molecule has 4 nitrogen and oxygen atoms in total. The molecule has 2 aliphatic rings. The molecule has 0 aromatic carbocycles. The van der Waals surface area contributed by atoms with Crippen LogP contribution in [0, 0.1) is 5.92 Å². The molecule has 1 aliphatic carbocycles. The van der Waals surface area contributed by atoms with Gasteiger partial charge in [-0.3, -0.25) is 0 Å². The Morgan fingerprint density at radius 1 is 1.50 bits per heavy atom. The van der Waals surface area contributed by atoms with Gasteiger partial charge >= 0.3 is 6.09 Å². The van der Waals surface area contributed by atoms with Crippen LogP contribution in [0.5, 0.6) is 0 Å². The fourth-order valence-corrected chi connectivity index (χ4v) is 1.96. The van der Waals surface area contributed by atoms with Gasteiger partial charge in [0.1, 0.15) is 0 Å². The molecule has 1 amide bonds. The molecule has 2 fully saturated rings. The van der Waals surface area contributed by atoms with Crippen molar-refractivity contribution in [3.8, 4) is 0 Å². The third-order valence-electron chi connectivity index (χ3n) is 3.16. The molecular formula is C10H17NO3. The molecule has 1 N–H and O–H groups in total. The standard InChI is InChI=1S/C10H17NO3/c12-9(8-3-1-4-8)7-11-5-2-6-14-10(11)13/h8-9,12H,1-7H2. The molecule has 1 unspecified atom stereocenters. The van der Waals surface area contributed by atoms with Crippen LogP contribution in [0.1, 0.15) is 25.7 Å². The first-order valence-electron chi connectivity index (χ1n) is 5.37. The van der Waals surface area contributed by atoms with Crippen molar-refractivity contribution < 1.29 is 14.6 Å². The van der Waals surface area contributed by atoms with E-state index >= 15 is 0 Å². The van der Waals surface area contributed by atoms with Crippen LogP contribution in [-0.2, 0) is 4.74 Å². The molecule has 1 atom stereocenters. The normalized spacial score (nSPS) is 25.5. The molecule has 1 saturated heterocycles. The Morgan fingerprint density at radius 2 is 2.29 bits per heavy atom. The van der Waals surface area contributed by atoms with Gasteiger partial charge in [-0.25, -0.2) is 4.79 Å². The molecule has 0 aromatic rings. The van der Waals surface area contributed by atoms with Crippen molar-refractivity contribution in [2.75, 3.05) is 19.7 Å². The minimum atomic E-state index is -0.352. The number of cyclic esters (lactones) is 1. The molecule has 1 saturated carbocycles. The number of amides is 1. The maximum absolute atomic E-state index is 11.3. The van der Waals surface area contributed by atoms with E-state index in [-0.39, 0.29) is 12.2 Å². The molecule has 1 heterocycles. The highest BCUT2D eigenvalue weighted by Crippen LogP contribution is 2.30. The molecular weight excluding hydrogens is 182 g/mol. The van der Waals surface area contributed by atoms with Crippen LogP contribution in [-0.4, -0.2) is 41.9 Å². The molecule has 0 spiro atoms. The van der Waals surface area contributed by atoms with Gasteiger partial charge < -0.3 is 14.7 Å². The number of rotatable bonds is 3. The van der Waals surface area contributed by atoms with Crippen LogP contribution in [0.4, 0.5) is 4.79 Å². The number of carbonyl (C=O) groups is 1. The van der Waals surface area contributed by atoms with E-state index < -0.39 is 0 Å². The van der Waals surface area contributed by atoms with E-state index in [0.717, 1.165) is 25.8 Å². The Balaban J connectivity index is 1.79. The van der Waals surface area contributed by atoms with Crippen molar-refractivity contribution in [3.05, 3.63) is 0 Å². The third-order valence-corrected chi connectivity index (χ3v) is 3.16. The second-order valence-electron chi connectivity index (χ2n) is 4.17. The van der Waals surface area contributed by atoms with Crippen LogP contribution in [0.15, 0.2) is 0 Å². The quantitative estimate of drug-likeness (QED) is 0.737. The number of nitrogens with zero attached hydrogens (tertiary/aromatic N) is 1. The number of aliphatic hydroxyl groups excluding tert-OH is 1. The summed E-state index contributed by atoms with van der Waals surface area (Å²) in [4.78, 5) is 12.9. The lowest BCUT2D eigenvalue weighted by Crippen LogP contribution is -2.45. The first kappa shape index (κ1) is 9.77. The van der Waals surface area contributed by atoms with Gasteiger partial charge in [0.25, 0.3) is 0 Å². The number of β-amino-alcohol motifs (C(OH)–C–C–N with tert-alkyl or cyclic N) is 1. The average molecular weight is 199 g/mol. The lowest BCUT2D eigenvalue weighted by molar-refractivity contribution is 0.0116. The van der Waals surface area contributed by atoms with Gasteiger partial charge in [-0.05, 0) is 25.2 Å². The van der Waals surface area contributed by atoms with Gasteiger partial charge in [-0.1, -0.05) is 6.42 Å². The largest absolute Gasteiger partial charge is 0.449 e. The SMILES string of the molecule is O=C1OCCCN1CC(O)C1CCC1. The van der Waals surface area contributed by atoms with Gasteiger partial charge in [-0.2, -0.15) is 0 Å². The second kappa shape index (κ2) is 4.17. The molecule has 0 radical (unpaired) electrons. The van der Waals surface area contributed by atoms with Crippen molar-refractivity contribution in [3.63, 3.8) is 0 Å². The summed E-state index contributed by atoms with van der Waals surface area (Å²) in [6.45, 7) is 1.70. The first-order chi connectivity index (χ1) is 6.77. The average Bonchev–Trinajstić information content (AvgIpc) is 2.05. The van der Waals surface area contributed by atoms with E-state index in [2.05, 4.69) is 0 Å². The Hall–Kier alpha value is -0.770. The molecule has 0 aromatic heterocycles. The van der Waals surface area contributed by atoms with Gasteiger partial charge in [0, 0.05) is 6.54 Å². The molecule has 4 heteroatoms. The number of hydrogen-bond acceptors (Lipinski definition) is 3. The second-order valence-corrected chi connectivity index (χ2v) is 4.17. The van der Waals surface area contributed by atoms with E-state index in [1.54, 1.807) is 4.90 Å². The summed E-state index contributed by atoms with van der Waals surface area (Å²) in [6, 6.07) is 0. The van der Waals surface area contributed by atoms with E-state index in [4.69, 9.17) is 4.74 Å². The Bertz CT molecular complexity index is 215. The highest BCUT2D eigenvalue weighted by Gasteiger charge is 2.29. The summed E-state index contributed by atoms with van der Waals surface area (Å²) in [6.07, 6.45) is 3.67. The Morgan fingerprint density at radius 3 is 2.86 bits per heavy atom. The highest BCUT2D eigenvalue weighted by molar-refractivity contribution is 5.68. The van der Waals surface area contributed by atoms with Crippen molar-refractivity contribution in [2.24, 2.45) is 5.92 Å². The van der Waals surface area contributed by atoms with Gasteiger partial charge in [0.15, 0.2) is 0 Å². The minimum absolute atomic E-state index is 0.269. The molecule has 2 rings (SSSR count). The monoisotopic (exact) mass is 199 g/mol. The zero-order valence-corrected chi connectivity index (χ0v) is 8.32. The van der Waals surface area contributed by atoms with Crippen molar-refractivity contribution in [2.45, 2.75) is 31.8 Å². The zero-order chi connectivity index (χ0) is 9.97. The minimum Gasteiger partial charge on any atom is -0.449 e. The summed E-state index contributed by atoms with van der Waals surface area (Å²) in [5.41, 5.74) is 0. The first-order valence-corrected chi connectivity index (χ1v) is 5.37. The van der Waals surface area contributed by atoms with Crippen molar-refractivity contribution in [1.82, 2.24) is 4.90 Å². The van der Waals surface area contributed by atoms with Gasteiger partial charge in [0.05, 0.1) is 19.3 Å². The van der Waals surface area contributed by atoms with Crippen molar-refractivity contribution in [1.29, 1.82) is 0 Å². The number of carbonyl (C=O) groups excluding carboxylic acids is 1. The number of hydrogen-bond donors (Lipinski definition) is 1. The lowest BCUT2D eigenvalue weighted by atomic mass is 9.81. The number of ether oxygens (including phenoxy) is 1. The van der Waals surface area contributed by atoms with E-state index in [0.29, 0.717) is 19.1 Å². The van der Waals surface area contributed by atoms with Gasteiger partial charge in [0.2, 0.25) is 0 Å². The van der Waals surface area contributed by atoms with E-state index in [1.165, 1.54) is 6.42 Å². The van der Waals surface area contributed by atoms with Crippen LogP contribution in [0.25, 0.3) is 0 Å². The predicted octanol–water partition coefficient (Wildman–Crippen LogP) is 0.990. The molecule has 0 bridgehead atoms. The van der Waals surface area contributed by atoms with Crippen LogP contribution in [0.2, 0.25) is 0 Å². The third kappa shape index (κ3) is 2.00. The Kier molecular flexibility index (Phi) is 2.91. The summed E-state index contributed by atoms with van der Waals surface area (Å²) < 4.78 is 4.90. The highest BCUT2D eigenvalue weighted by atomic mass is 16.6. The number of aliphatic hydroxyl groups is 1. The maximum Gasteiger partial charge on any atom is 0.409 e. The fraction of sp³-hybridized carbons (Fsp3) is 0.900. The maximum atomic E-state index is 11.3. The Labute approximate surface area is 83.8 Å². The smallest absolute Gasteiger partial charge is 0.409 e. The summed E-state index contributed by atoms with van der Waals surface area (Å²) >= 11 is 0. The molecule has 80 valence electrons. The van der Waals surface area contributed by atoms with Crippen LogP contribution in [0.3, 0.4) is 0 Å².